The third-order valence-corrected chi connectivity index (χ3v) is 5.32. The van der Waals surface area contributed by atoms with Gasteiger partial charge in [-0.15, -0.1) is 0 Å². The molecular weight excluding hydrogens is 393 g/mol. The lowest BCUT2D eigenvalue weighted by Gasteiger charge is -2.18. The Morgan fingerprint density at radius 2 is 1.77 bits per heavy atom. The predicted octanol–water partition coefficient (Wildman–Crippen LogP) is 4.74. The summed E-state index contributed by atoms with van der Waals surface area (Å²) in [5, 5.41) is 2.45. The van der Waals surface area contributed by atoms with E-state index in [-0.39, 0.29) is 17.5 Å². The Balaban J connectivity index is 1.31. The van der Waals surface area contributed by atoms with Crippen LogP contribution >= 0.6 is 0 Å². The zero-order valence-corrected chi connectivity index (χ0v) is 16.9. The number of unbranched alkanes of at least 4 members (excludes halogenated alkanes) is 2. The van der Waals surface area contributed by atoms with E-state index in [1.165, 1.54) is 23.1 Å². The summed E-state index contributed by atoms with van der Waals surface area (Å²) >= 11 is 0. The van der Waals surface area contributed by atoms with Crippen LogP contribution in [0.5, 0.6) is 0 Å². The molecule has 1 fully saturated rings. The molecule has 0 bridgehead atoms. The normalized spacial score (nSPS) is 18.4. The summed E-state index contributed by atoms with van der Waals surface area (Å²) in [7, 11) is 1.65. The molecule has 1 aliphatic heterocycles. The predicted molar refractivity (Wildman–Crippen MR) is 110 cm³/mol. The highest BCUT2D eigenvalue weighted by molar-refractivity contribution is 5.89. The van der Waals surface area contributed by atoms with Crippen molar-refractivity contribution < 1.29 is 18.0 Å². The molecule has 2 aromatic carbocycles. The van der Waals surface area contributed by atoms with Crippen LogP contribution in [0.4, 0.5) is 23.7 Å². The Hall–Kier alpha value is -2.58. The maximum Gasteiger partial charge on any atom is 0.321 e. The van der Waals surface area contributed by atoms with Crippen LogP contribution in [0.1, 0.15) is 43.7 Å². The van der Waals surface area contributed by atoms with Gasteiger partial charge in [0.1, 0.15) is 17.5 Å². The summed E-state index contributed by atoms with van der Waals surface area (Å²) < 4.78 is 39.6. The molecule has 1 saturated heterocycles. The fraction of sp³-hybridized carbons (Fsp3) is 0.409. The lowest BCUT2D eigenvalue weighted by atomic mass is 9.99. The van der Waals surface area contributed by atoms with Crippen molar-refractivity contribution >= 4 is 11.7 Å². The van der Waals surface area contributed by atoms with E-state index < -0.39 is 17.7 Å². The molecule has 0 aliphatic carbocycles. The summed E-state index contributed by atoms with van der Waals surface area (Å²) in [6, 6.07) is 9.70. The molecule has 2 atom stereocenters. The number of urea groups is 1. The molecule has 8 heteroatoms. The monoisotopic (exact) mass is 420 g/mol. The lowest BCUT2D eigenvalue weighted by molar-refractivity contribution is 0.221. The van der Waals surface area contributed by atoms with Crippen LogP contribution in [-0.2, 0) is 0 Å². The first-order valence-corrected chi connectivity index (χ1v) is 10.2. The summed E-state index contributed by atoms with van der Waals surface area (Å²) in [4.78, 5) is 13.6. The third kappa shape index (κ3) is 6.21. The SMILES string of the molecule is CN(CCCCCC1CC(c2ccc(F)cc2)NN1)C(=O)Nc1ccc(F)cc1F. The third-order valence-electron chi connectivity index (χ3n) is 5.32. The molecule has 30 heavy (non-hydrogen) atoms. The molecule has 2 aromatic rings. The molecular formula is C22H27F3N4O. The lowest BCUT2D eigenvalue weighted by Crippen LogP contribution is -2.32. The Bertz CT molecular complexity index is 847. The summed E-state index contributed by atoms with van der Waals surface area (Å²) in [5.41, 5.74) is 7.58. The molecule has 0 radical (unpaired) electrons. The van der Waals surface area contributed by atoms with Gasteiger partial charge >= 0.3 is 6.03 Å². The van der Waals surface area contributed by atoms with Crippen molar-refractivity contribution in [2.45, 2.75) is 44.2 Å². The maximum absolute atomic E-state index is 13.6. The number of hydrogen-bond acceptors (Lipinski definition) is 3. The van der Waals surface area contributed by atoms with Crippen LogP contribution in [0.3, 0.4) is 0 Å². The zero-order chi connectivity index (χ0) is 21.5. The first-order valence-electron chi connectivity index (χ1n) is 10.2. The number of hydrogen-bond donors (Lipinski definition) is 3. The molecule has 3 N–H and O–H groups in total. The van der Waals surface area contributed by atoms with Gasteiger partial charge in [0.25, 0.3) is 0 Å². The number of carbonyl (C=O) groups is 1. The number of benzene rings is 2. The number of carbonyl (C=O) groups excluding carboxylic acids is 1. The van der Waals surface area contributed by atoms with E-state index in [4.69, 9.17) is 0 Å². The van der Waals surface area contributed by atoms with E-state index in [0.29, 0.717) is 12.6 Å². The largest absolute Gasteiger partial charge is 0.328 e. The summed E-state index contributed by atoms with van der Waals surface area (Å²) in [6.07, 6.45) is 4.75. The Labute approximate surface area is 174 Å². The second-order valence-corrected chi connectivity index (χ2v) is 7.65. The van der Waals surface area contributed by atoms with E-state index in [0.717, 1.165) is 49.8 Å². The topological polar surface area (TPSA) is 56.4 Å². The van der Waals surface area contributed by atoms with Crippen molar-refractivity contribution in [3.63, 3.8) is 0 Å². The van der Waals surface area contributed by atoms with Crippen LogP contribution in [0.25, 0.3) is 0 Å². The van der Waals surface area contributed by atoms with Gasteiger partial charge in [-0.3, -0.25) is 10.9 Å². The minimum Gasteiger partial charge on any atom is -0.328 e. The average molecular weight is 420 g/mol. The molecule has 162 valence electrons. The molecule has 5 nitrogen and oxygen atoms in total. The Kier molecular flexibility index (Phi) is 7.70. The van der Waals surface area contributed by atoms with Crippen molar-refractivity contribution in [2.24, 2.45) is 0 Å². The van der Waals surface area contributed by atoms with E-state index in [9.17, 15) is 18.0 Å². The van der Waals surface area contributed by atoms with Crippen LogP contribution in [0.2, 0.25) is 0 Å². The molecule has 1 heterocycles. The van der Waals surface area contributed by atoms with Gasteiger partial charge in [-0.05, 0) is 49.1 Å². The van der Waals surface area contributed by atoms with Crippen LogP contribution in [0.15, 0.2) is 42.5 Å². The second kappa shape index (κ2) is 10.4. The number of nitrogens with zero attached hydrogens (tertiary/aromatic N) is 1. The van der Waals surface area contributed by atoms with Crippen LogP contribution in [-0.4, -0.2) is 30.6 Å². The fourth-order valence-electron chi connectivity index (χ4n) is 3.54. The molecule has 2 amide bonds. The van der Waals surface area contributed by atoms with Gasteiger partial charge < -0.3 is 10.2 Å². The first-order chi connectivity index (χ1) is 14.4. The number of anilines is 1. The van der Waals surface area contributed by atoms with E-state index >= 15 is 0 Å². The number of amides is 2. The van der Waals surface area contributed by atoms with E-state index in [2.05, 4.69) is 16.2 Å². The number of rotatable bonds is 8. The molecule has 2 unspecified atom stereocenters. The van der Waals surface area contributed by atoms with Gasteiger partial charge in [0.2, 0.25) is 0 Å². The molecule has 0 spiro atoms. The highest BCUT2D eigenvalue weighted by atomic mass is 19.1. The Morgan fingerprint density at radius 3 is 2.50 bits per heavy atom. The quantitative estimate of drug-likeness (QED) is 0.541. The highest BCUT2D eigenvalue weighted by Gasteiger charge is 2.24. The molecule has 1 aliphatic rings. The maximum atomic E-state index is 13.6. The van der Waals surface area contributed by atoms with E-state index in [1.54, 1.807) is 19.2 Å². The van der Waals surface area contributed by atoms with Crippen molar-refractivity contribution in [1.29, 1.82) is 0 Å². The standard InChI is InChI=1S/C22H27F3N4O/c1-29(22(30)26-20-11-10-17(24)13-19(20)25)12-4-2-3-5-18-14-21(28-27-18)15-6-8-16(23)9-7-15/h6-11,13,18,21,27-28H,2-5,12,14H2,1H3,(H,26,30). The second-order valence-electron chi connectivity index (χ2n) is 7.65. The zero-order valence-electron chi connectivity index (χ0n) is 16.9. The Morgan fingerprint density at radius 1 is 1.03 bits per heavy atom. The highest BCUT2D eigenvalue weighted by Crippen LogP contribution is 2.24. The van der Waals surface area contributed by atoms with Gasteiger partial charge in [0.15, 0.2) is 0 Å². The smallest absolute Gasteiger partial charge is 0.321 e. The van der Waals surface area contributed by atoms with E-state index in [1.807, 2.05) is 0 Å². The van der Waals surface area contributed by atoms with Crippen molar-refractivity contribution in [3.05, 3.63) is 65.5 Å². The minimum atomic E-state index is -0.798. The minimum absolute atomic E-state index is 0.0382. The van der Waals surface area contributed by atoms with Gasteiger partial charge in [-0.2, -0.15) is 0 Å². The van der Waals surface area contributed by atoms with Crippen molar-refractivity contribution in [3.8, 4) is 0 Å². The van der Waals surface area contributed by atoms with Gasteiger partial charge in [-0.1, -0.05) is 25.0 Å². The van der Waals surface area contributed by atoms with Gasteiger partial charge in [0.05, 0.1) is 5.69 Å². The average Bonchev–Trinajstić information content (AvgIpc) is 3.19. The first kappa shape index (κ1) is 22.1. The van der Waals surface area contributed by atoms with Crippen LogP contribution in [0, 0.1) is 17.5 Å². The number of halogens is 3. The fourth-order valence-corrected chi connectivity index (χ4v) is 3.54. The number of nitrogens with one attached hydrogen (secondary N) is 3. The number of hydrazine groups is 1. The molecule has 3 rings (SSSR count). The van der Waals surface area contributed by atoms with Crippen LogP contribution < -0.4 is 16.2 Å². The van der Waals surface area contributed by atoms with Gasteiger partial charge in [-0.25, -0.2) is 18.0 Å². The van der Waals surface area contributed by atoms with Crippen molar-refractivity contribution in [2.75, 3.05) is 18.9 Å². The summed E-state index contributed by atoms with van der Waals surface area (Å²) in [5.74, 6) is -1.72. The van der Waals surface area contributed by atoms with Gasteiger partial charge in [0, 0.05) is 31.7 Å². The summed E-state index contributed by atoms with van der Waals surface area (Å²) in [6.45, 7) is 0.545. The molecule has 0 aromatic heterocycles. The molecule has 0 saturated carbocycles. The van der Waals surface area contributed by atoms with Crippen molar-refractivity contribution in [1.82, 2.24) is 15.8 Å².